The van der Waals surface area contributed by atoms with Crippen LogP contribution in [0.1, 0.15) is 19.4 Å². The minimum Gasteiger partial charge on any atom is -0.378 e. The van der Waals surface area contributed by atoms with Gasteiger partial charge in [-0.15, -0.1) is 11.7 Å². The van der Waals surface area contributed by atoms with Crippen LogP contribution in [0.3, 0.4) is 0 Å². The molecule has 0 spiro atoms. The van der Waals surface area contributed by atoms with Crippen LogP contribution in [-0.2, 0) is 9.48 Å². The van der Waals surface area contributed by atoms with E-state index in [2.05, 4.69) is 59.6 Å². The number of benzene rings is 1. The number of hydrogen-bond acceptors (Lipinski definition) is 5. The minimum atomic E-state index is 0.0531. The van der Waals surface area contributed by atoms with E-state index in [1.54, 1.807) is 10.8 Å². The first-order chi connectivity index (χ1) is 10.1. The number of ether oxygens (including phenoxy) is 1. The molecular formula is C16H24N2OS2. The standard InChI is InChI=1S/C16H24N2OS2/c1-16(2,21-20)13-3-5-14(6-4-13)18-8-7-17-9-10-19-12-15(17)11-18/h3-6,15,20H,7-12H2,1-2H3. The van der Waals surface area contributed by atoms with E-state index in [-0.39, 0.29) is 4.75 Å². The zero-order chi connectivity index (χ0) is 14.9. The maximum absolute atomic E-state index is 5.62. The van der Waals surface area contributed by atoms with Crippen molar-refractivity contribution < 1.29 is 4.74 Å². The third-order valence-electron chi connectivity index (χ3n) is 4.59. The van der Waals surface area contributed by atoms with E-state index in [1.165, 1.54) is 11.3 Å². The van der Waals surface area contributed by atoms with Crippen LogP contribution >= 0.6 is 22.5 Å². The van der Waals surface area contributed by atoms with Crippen molar-refractivity contribution in [3.8, 4) is 0 Å². The first kappa shape index (κ1) is 15.5. The fourth-order valence-electron chi connectivity index (χ4n) is 3.11. The second-order valence-electron chi connectivity index (χ2n) is 6.36. The van der Waals surface area contributed by atoms with Gasteiger partial charge in [-0.2, -0.15) is 0 Å². The fraction of sp³-hybridized carbons (Fsp3) is 0.625. The molecule has 0 bridgehead atoms. The van der Waals surface area contributed by atoms with Crippen LogP contribution in [0, 0.1) is 0 Å². The second kappa shape index (κ2) is 6.41. The zero-order valence-electron chi connectivity index (χ0n) is 12.8. The summed E-state index contributed by atoms with van der Waals surface area (Å²) < 4.78 is 5.68. The molecule has 2 aliphatic heterocycles. The van der Waals surface area contributed by atoms with Crippen LogP contribution in [0.25, 0.3) is 0 Å². The molecule has 0 radical (unpaired) electrons. The number of hydrogen-bond donors (Lipinski definition) is 1. The Bertz CT molecular complexity index is 478. The first-order valence-corrected chi connectivity index (χ1v) is 9.47. The van der Waals surface area contributed by atoms with Crippen molar-refractivity contribution in [1.82, 2.24) is 4.90 Å². The van der Waals surface area contributed by atoms with Crippen LogP contribution in [-0.4, -0.2) is 50.3 Å². The van der Waals surface area contributed by atoms with Crippen molar-refractivity contribution in [2.45, 2.75) is 24.6 Å². The predicted molar refractivity (Wildman–Crippen MR) is 94.4 cm³/mol. The SMILES string of the molecule is CC(C)(SS)c1ccc(N2CCN3CCOCC3C2)cc1. The molecule has 0 saturated carbocycles. The summed E-state index contributed by atoms with van der Waals surface area (Å²) in [6.45, 7) is 10.6. The van der Waals surface area contributed by atoms with Gasteiger partial charge in [-0.3, -0.25) is 4.90 Å². The van der Waals surface area contributed by atoms with Gasteiger partial charge >= 0.3 is 0 Å². The van der Waals surface area contributed by atoms with E-state index < -0.39 is 0 Å². The Kier molecular flexibility index (Phi) is 4.74. The molecule has 0 aliphatic carbocycles. The lowest BCUT2D eigenvalue weighted by atomic mass is 10.0. The monoisotopic (exact) mass is 324 g/mol. The van der Waals surface area contributed by atoms with Gasteiger partial charge in [-0.05, 0) is 31.5 Å². The van der Waals surface area contributed by atoms with Crippen molar-refractivity contribution in [3.05, 3.63) is 29.8 Å². The summed E-state index contributed by atoms with van der Waals surface area (Å²) in [6.07, 6.45) is 0. The van der Waals surface area contributed by atoms with Crippen LogP contribution in [0.15, 0.2) is 24.3 Å². The Morgan fingerprint density at radius 3 is 2.67 bits per heavy atom. The Morgan fingerprint density at radius 1 is 1.19 bits per heavy atom. The molecule has 1 aromatic rings. The molecule has 2 fully saturated rings. The van der Waals surface area contributed by atoms with Crippen molar-refractivity contribution in [2.24, 2.45) is 0 Å². The Balaban J connectivity index is 1.70. The number of nitrogens with zero attached hydrogens (tertiary/aromatic N) is 2. The molecule has 1 atom stereocenters. The molecule has 3 rings (SSSR count). The predicted octanol–water partition coefficient (Wildman–Crippen LogP) is 3.02. The fourth-order valence-corrected chi connectivity index (χ4v) is 3.67. The van der Waals surface area contributed by atoms with Gasteiger partial charge in [0, 0.05) is 36.6 Å². The number of anilines is 1. The number of fused-ring (bicyclic) bond motifs is 1. The maximum Gasteiger partial charge on any atom is 0.0639 e. The summed E-state index contributed by atoms with van der Waals surface area (Å²) in [4.78, 5) is 5.05. The molecule has 5 heteroatoms. The molecule has 3 nitrogen and oxygen atoms in total. The van der Waals surface area contributed by atoms with Crippen LogP contribution < -0.4 is 4.90 Å². The molecule has 116 valence electrons. The third kappa shape index (κ3) is 3.36. The van der Waals surface area contributed by atoms with Crippen molar-refractivity contribution in [3.63, 3.8) is 0 Å². The molecule has 21 heavy (non-hydrogen) atoms. The van der Waals surface area contributed by atoms with E-state index in [1.807, 2.05) is 0 Å². The van der Waals surface area contributed by atoms with Crippen LogP contribution in [0.5, 0.6) is 0 Å². The van der Waals surface area contributed by atoms with E-state index in [0.29, 0.717) is 6.04 Å². The van der Waals surface area contributed by atoms with E-state index in [9.17, 15) is 0 Å². The van der Waals surface area contributed by atoms with Gasteiger partial charge in [0.05, 0.1) is 19.3 Å². The highest BCUT2D eigenvalue weighted by Crippen LogP contribution is 2.38. The quantitative estimate of drug-likeness (QED) is 0.679. The van der Waals surface area contributed by atoms with E-state index in [0.717, 1.165) is 39.4 Å². The smallest absolute Gasteiger partial charge is 0.0639 e. The molecule has 1 aromatic carbocycles. The lowest BCUT2D eigenvalue weighted by Crippen LogP contribution is -2.58. The summed E-state index contributed by atoms with van der Waals surface area (Å²) in [7, 11) is 1.59. The van der Waals surface area contributed by atoms with Crippen LogP contribution in [0.4, 0.5) is 5.69 Å². The van der Waals surface area contributed by atoms with Gasteiger partial charge < -0.3 is 9.64 Å². The van der Waals surface area contributed by atoms with Crippen molar-refractivity contribution >= 4 is 28.1 Å². The summed E-state index contributed by atoms with van der Waals surface area (Å²) >= 11 is 4.38. The van der Waals surface area contributed by atoms with Gasteiger partial charge in [0.25, 0.3) is 0 Å². The van der Waals surface area contributed by atoms with Gasteiger partial charge in [-0.1, -0.05) is 22.9 Å². The zero-order valence-corrected chi connectivity index (χ0v) is 14.5. The van der Waals surface area contributed by atoms with E-state index in [4.69, 9.17) is 4.74 Å². The average molecular weight is 325 g/mol. The molecule has 0 aromatic heterocycles. The number of piperazine rings is 1. The first-order valence-electron chi connectivity index (χ1n) is 7.60. The van der Waals surface area contributed by atoms with Gasteiger partial charge in [0.1, 0.15) is 0 Å². The van der Waals surface area contributed by atoms with E-state index >= 15 is 0 Å². The van der Waals surface area contributed by atoms with Gasteiger partial charge in [0.15, 0.2) is 0 Å². The largest absolute Gasteiger partial charge is 0.378 e. The minimum absolute atomic E-state index is 0.0531. The Labute approximate surface area is 136 Å². The van der Waals surface area contributed by atoms with Crippen molar-refractivity contribution in [1.29, 1.82) is 0 Å². The molecule has 2 aliphatic rings. The lowest BCUT2D eigenvalue weighted by Gasteiger charge is -2.44. The molecule has 2 heterocycles. The van der Waals surface area contributed by atoms with Gasteiger partial charge in [-0.25, -0.2) is 0 Å². The second-order valence-corrected chi connectivity index (χ2v) is 8.11. The summed E-state index contributed by atoms with van der Waals surface area (Å²) in [5.41, 5.74) is 2.65. The number of morpholine rings is 1. The summed E-state index contributed by atoms with van der Waals surface area (Å²) in [5.74, 6) is 0. The topological polar surface area (TPSA) is 15.7 Å². The molecule has 1 unspecified atom stereocenters. The molecule has 2 saturated heterocycles. The number of thiol groups is 1. The highest BCUT2D eigenvalue weighted by molar-refractivity contribution is 8.68. The summed E-state index contributed by atoms with van der Waals surface area (Å²) in [6, 6.07) is 9.53. The van der Waals surface area contributed by atoms with Crippen LogP contribution in [0.2, 0.25) is 0 Å². The lowest BCUT2D eigenvalue weighted by molar-refractivity contribution is -0.0116. The Morgan fingerprint density at radius 2 is 1.95 bits per heavy atom. The number of rotatable bonds is 3. The third-order valence-corrected chi connectivity index (χ3v) is 6.66. The highest BCUT2D eigenvalue weighted by atomic mass is 33.1. The molecule has 0 amide bonds. The average Bonchev–Trinajstić information content (AvgIpc) is 2.54. The summed E-state index contributed by atoms with van der Waals surface area (Å²) in [5, 5.41) is 0. The van der Waals surface area contributed by atoms with Gasteiger partial charge in [0.2, 0.25) is 0 Å². The maximum atomic E-state index is 5.62. The normalized spacial score (nSPS) is 24.0. The Hall–Kier alpha value is -0.360. The molecular weight excluding hydrogens is 300 g/mol. The highest BCUT2D eigenvalue weighted by Gasteiger charge is 2.29. The molecule has 0 N–H and O–H groups in total. The van der Waals surface area contributed by atoms with Crippen molar-refractivity contribution in [2.75, 3.05) is 44.3 Å².